The van der Waals surface area contributed by atoms with Crippen molar-refractivity contribution in [2.24, 2.45) is 0 Å². The van der Waals surface area contributed by atoms with Gasteiger partial charge in [-0.2, -0.15) is 0 Å². The molecule has 1 aromatic carbocycles. The van der Waals surface area contributed by atoms with Crippen molar-refractivity contribution in [3.05, 3.63) is 30.3 Å². The molecule has 3 heteroatoms. The SMILES string of the molecule is OOCCSc1ccccc1. The first-order chi connectivity index (χ1) is 5.43. The molecule has 0 aliphatic heterocycles. The summed E-state index contributed by atoms with van der Waals surface area (Å²) >= 11 is 1.66. The average Bonchev–Trinajstić information content (AvgIpc) is 2.07. The first-order valence-corrected chi connectivity index (χ1v) is 4.36. The van der Waals surface area contributed by atoms with E-state index in [9.17, 15) is 0 Å². The van der Waals surface area contributed by atoms with Crippen LogP contribution in [-0.2, 0) is 4.89 Å². The fourth-order valence-electron chi connectivity index (χ4n) is 0.714. The van der Waals surface area contributed by atoms with Crippen molar-refractivity contribution in [1.29, 1.82) is 0 Å². The summed E-state index contributed by atoms with van der Waals surface area (Å²) in [4.78, 5) is 5.14. The van der Waals surface area contributed by atoms with Crippen LogP contribution >= 0.6 is 11.8 Å². The van der Waals surface area contributed by atoms with Crippen LogP contribution in [0.3, 0.4) is 0 Å². The second kappa shape index (κ2) is 5.18. The van der Waals surface area contributed by atoms with Gasteiger partial charge >= 0.3 is 0 Å². The molecule has 0 spiro atoms. The highest BCUT2D eigenvalue weighted by molar-refractivity contribution is 7.99. The third-order valence-electron chi connectivity index (χ3n) is 1.19. The Morgan fingerprint density at radius 1 is 1.27 bits per heavy atom. The molecule has 1 aromatic rings. The molecule has 0 aliphatic rings. The highest BCUT2D eigenvalue weighted by Gasteiger charge is 1.90. The Labute approximate surface area is 70.1 Å². The zero-order chi connectivity index (χ0) is 7.94. The minimum Gasteiger partial charge on any atom is -0.252 e. The Hall–Kier alpha value is -0.510. The molecule has 0 radical (unpaired) electrons. The van der Waals surface area contributed by atoms with Gasteiger partial charge in [-0.05, 0) is 12.1 Å². The lowest BCUT2D eigenvalue weighted by Gasteiger charge is -1.97. The summed E-state index contributed by atoms with van der Waals surface area (Å²) in [5, 5.41) is 8.03. The topological polar surface area (TPSA) is 29.5 Å². The van der Waals surface area contributed by atoms with Gasteiger partial charge in [0.15, 0.2) is 0 Å². The zero-order valence-corrected chi connectivity index (χ0v) is 6.88. The molecule has 1 N–H and O–H groups in total. The van der Waals surface area contributed by atoms with Gasteiger partial charge in [-0.1, -0.05) is 18.2 Å². The number of hydrogen-bond donors (Lipinski definition) is 1. The van der Waals surface area contributed by atoms with Gasteiger partial charge in [0.2, 0.25) is 0 Å². The fraction of sp³-hybridized carbons (Fsp3) is 0.250. The summed E-state index contributed by atoms with van der Waals surface area (Å²) in [6.45, 7) is 0.375. The summed E-state index contributed by atoms with van der Waals surface area (Å²) in [6, 6.07) is 10.0. The second-order valence-electron chi connectivity index (χ2n) is 1.99. The van der Waals surface area contributed by atoms with E-state index in [4.69, 9.17) is 5.26 Å². The van der Waals surface area contributed by atoms with Crippen molar-refractivity contribution in [2.75, 3.05) is 12.4 Å². The van der Waals surface area contributed by atoms with E-state index >= 15 is 0 Å². The van der Waals surface area contributed by atoms with Gasteiger partial charge in [0.1, 0.15) is 0 Å². The van der Waals surface area contributed by atoms with Crippen LogP contribution < -0.4 is 0 Å². The molecule has 0 unspecified atom stereocenters. The van der Waals surface area contributed by atoms with Crippen molar-refractivity contribution in [1.82, 2.24) is 0 Å². The zero-order valence-electron chi connectivity index (χ0n) is 6.06. The van der Waals surface area contributed by atoms with Gasteiger partial charge in [-0.15, -0.1) is 11.8 Å². The third-order valence-corrected chi connectivity index (χ3v) is 2.16. The van der Waals surface area contributed by atoms with Gasteiger partial charge in [0, 0.05) is 10.6 Å². The predicted octanol–water partition coefficient (Wildman–Crippen LogP) is 2.27. The Kier molecular flexibility index (Phi) is 4.04. The van der Waals surface area contributed by atoms with Crippen molar-refractivity contribution < 1.29 is 10.1 Å². The minimum absolute atomic E-state index is 0.375. The Morgan fingerprint density at radius 3 is 2.64 bits per heavy atom. The standard InChI is InChI=1S/C8H10O2S/c9-10-6-7-11-8-4-2-1-3-5-8/h1-5,9H,6-7H2. The summed E-state index contributed by atoms with van der Waals surface area (Å²) in [5.41, 5.74) is 0. The van der Waals surface area contributed by atoms with E-state index in [-0.39, 0.29) is 0 Å². The van der Waals surface area contributed by atoms with Gasteiger partial charge in [-0.3, -0.25) is 5.26 Å². The van der Waals surface area contributed by atoms with Gasteiger partial charge in [-0.25, -0.2) is 4.89 Å². The Balaban J connectivity index is 2.28. The quantitative estimate of drug-likeness (QED) is 0.325. The van der Waals surface area contributed by atoms with Crippen LogP contribution in [0.25, 0.3) is 0 Å². The largest absolute Gasteiger partial charge is 0.252 e. The molecule has 0 fully saturated rings. The molecule has 0 aromatic heterocycles. The highest BCUT2D eigenvalue weighted by Crippen LogP contribution is 2.15. The van der Waals surface area contributed by atoms with Crippen molar-refractivity contribution in [3.8, 4) is 0 Å². The summed E-state index contributed by atoms with van der Waals surface area (Å²) in [5.74, 6) is 0.778. The first-order valence-electron chi connectivity index (χ1n) is 3.37. The molecule has 0 aliphatic carbocycles. The van der Waals surface area contributed by atoms with E-state index in [1.54, 1.807) is 11.8 Å². The maximum absolute atomic E-state index is 8.03. The molecule has 0 amide bonds. The molecule has 2 nitrogen and oxygen atoms in total. The molecular formula is C8H10O2S. The highest BCUT2D eigenvalue weighted by atomic mass is 32.2. The lowest BCUT2D eigenvalue weighted by atomic mass is 10.4. The molecular weight excluding hydrogens is 160 g/mol. The molecule has 0 atom stereocenters. The van der Waals surface area contributed by atoms with Crippen LogP contribution in [0.4, 0.5) is 0 Å². The summed E-state index contributed by atoms with van der Waals surface area (Å²) in [7, 11) is 0. The molecule has 1 rings (SSSR count). The van der Waals surface area contributed by atoms with E-state index in [0.717, 1.165) is 5.75 Å². The van der Waals surface area contributed by atoms with Gasteiger partial charge < -0.3 is 0 Å². The summed E-state index contributed by atoms with van der Waals surface area (Å²) in [6.07, 6.45) is 0. The maximum Gasteiger partial charge on any atom is 0.0913 e. The Bertz CT molecular complexity index is 189. The van der Waals surface area contributed by atoms with Crippen molar-refractivity contribution in [3.63, 3.8) is 0 Å². The average molecular weight is 170 g/mol. The minimum atomic E-state index is 0.375. The number of rotatable bonds is 4. The van der Waals surface area contributed by atoms with E-state index in [1.165, 1.54) is 4.90 Å². The molecule has 11 heavy (non-hydrogen) atoms. The fourth-order valence-corrected chi connectivity index (χ4v) is 1.46. The van der Waals surface area contributed by atoms with Crippen LogP contribution in [0.2, 0.25) is 0 Å². The molecule has 0 saturated carbocycles. The van der Waals surface area contributed by atoms with Crippen LogP contribution in [0.15, 0.2) is 35.2 Å². The monoisotopic (exact) mass is 170 g/mol. The second-order valence-corrected chi connectivity index (χ2v) is 3.16. The third kappa shape index (κ3) is 3.41. The Morgan fingerprint density at radius 2 is 2.00 bits per heavy atom. The first kappa shape index (κ1) is 8.59. The van der Waals surface area contributed by atoms with Crippen molar-refractivity contribution >= 4 is 11.8 Å². The lowest BCUT2D eigenvalue weighted by molar-refractivity contribution is -0.236. The predicted molar refractivity (Wildman–Crippen MR) is 45.7 cm³/mol. The van der Waals surface area contributed by atoms with E-state index < -0.39 is 0 Å². The molecule has 0 saturated heterocycles. The molecule has 0 heterocycles. The normalized spacial score (nSPS) is 9.91. The molecule has 60 valence electrons. The number of hydrogen-bond acceptors (Lipinski definition) is 3. The maximum atomic E-state index is 8.03. The lowest BCUT2D eigenvalue weighted by Crippen LogP contribution is -1.90. The smallest absolute Gasteiger partial charge is 0.0913 e. The van der Waals surface area contributed by atoms with E-state index in [0.29, 0.717) is 6.61 Å². The van der Waals surface area contributed by atoms with Crippen molar-refractivity contribution in [2.45, 2.75) is 4.90 Å². The number of thioether (sulfide) groups is 1. The van der Waals surface area contributed by atoms with Crippen LogP contribution in [0.1, 0.15) is 0 Å². The van der Waals surface area contributed by atoms with Crippen LogP contribution in [-0.4, -0.2) is 17.6 Å². The van der Waals surface area contributed by atoms with Gasteiger partial charge in [0.05, 0.1) is 6.61 Å². The van der Waals surface area contributed by atoms with E-state index in [1.807, 2.05) is 30.3 Å². The van der Waals surface area contributed by atoms with E-state index in [2.05, 4.69) is 4.89 Å². The summed E-state index contributed by atoms with van der Waals surface area (Å²) < 4.78 is 0. The van der Waals surface area contributed by atoms with Crippen LogP contribution in [0, 0.1) is 0 Å². The van der Waals surface area contributed by atoms with Gasteiger partial charge in [0.25, 0.3) is 0 Å². The number of benzene rings is 1. The van der Waals surface area contributed by atoms with Crippen LogP contribution in [0.5, 0.6) is 0 Å². The molecule has 0 bridgehead atoms.